The average Bonchev–Trinajstić information content (AvgIpc) is 2.37. The molecule has 1 aromatic rings. The van der Waals surface area contributed by atoms with Gasteiger partial charge in [-0.3, -0.25) is 0 Å². The highest BCUT2D eigenvalue weighted by molar-refractivity contribution is 7.89. The zero-order valence-corrected chi connectivity index (χ0v) is 10.8. The number of aliphatic hydroxyl groups is 3. The van der Waals surface area contributed by atoms with Gasteiger partial charge in [-0.2, -0.15) is 4.72 Å². The fraction of sp³-hybridized carbons (Fsp3) is 0.455. The molecule has 0 heterocycles. The highest BCUT2D eigenvalue weighted by atomic mass is 32.2. The fourth-order valence-electron chi connectivity index (χ4n) is 1.31. The molecule has 7 heteroatoms. The summed E-state index contributed by atoms with van der Waals surface area (Å²) in [6.45, 7) is -0.287. The van der Waals surface area contributed by atoms with Gasteiger partial charge in [-0.1, -0.05) is 17.7 Å². The standard InChI is InChI=1S/C11H17NO5S/c1-9-2-4-10(5-3-9)18(16,17)12-11(6-13,7-14)8-15/h2-5,12-15H,6-8H2,1H3. The molecule has 0 aliphatic rings. The van der Waals surface area contributed by atoms with Crippen molar-refractivity contribution in [2.45, 2.75) is 17.4 Å². The second-order valence-electron chi connectivity index (χ2n) is 4.17. The van der Waals surface area contributed by atoms with Crippen LogP contribution in [0.5, 0.6) is 0 Å². The Hall–Kier alpha value is -0.990. The molecular weight excluding hydrogens is 258 g/mol. The van der Waals surface area contributed by atoms with Gasteiger partial charge >= 0.3 is 0 Å². The first-order chi connectivity index (χ1) is 8.39. The maximum Gasteiger partial charge on any atom is 0.241 e. The SMILES string of the molecule is Cc1ccc(S(=O)(=O)NC(CO)(CO)CO)cc1. The van der Waals surface area contributed by atoms with Crippen LogP contribution in [0.25, 0.3) is 0 Å². The lowest BCUT2D eigenvalue weighted by molar-refractivity contribution is 0.0582. The monoisotopic (exact) mass is 275 g/mol. The number of hydrogen-bond acceptors (Lipinski definition) is 5. The molecular formula is C11H17NO5S. The van der Waals surface area contributed by atoms with E-state index >= 15 is 0 Å². The zero-order valence-electron chi connectivity index (χ0n) is 10.00. The zero-order chi connectivity index (χ0) is 13.8. The van der Waals surface area contributed by atoms with Crippen molar-refractivity contribution in [3.8, 4) is 0 Å². The predicted octanol–water partition coefficient (Wildman–Crippen LogP) is -1.01. The van der Waals surface area contributed by atoms with E-state index in [1.54, 1.807) is 12.1 Å². The Labute approximate surface area is 106 Å². The van der Waals surface area contributed by atoms with Crippen molar-refractivity contribution in [1.82, 2.24) is 4.72 Å². The molecule has 0 aliphatic heterocycles. The van der Waals surface area contributed by atoms with Gasteiger partial charge in [0.05, 0.1) is 24.7 Å². The summed E-state index contributed by atoms with van der Waals surface area (Å²) in [5.41, 5.74) is -0.754. The molecule has 0 atom stereocenters. The van der Waals surface area contributed by atoms with Crippen molar-refractivity contribution in [1.29, 1.82) is 0 Å². The molecule has 0 fully saturated rings. The molecule has 0 spiro atoms. The van der Waals surface area contributed by atoms with Crippen LogP contribution in [0.3, 0.4) is 0 Å². The molecule has 0 amide bonds. The summed E-state index contributed by atoms with van der Waals surface area (Å²) in [7, 11) is -3.90. The Morgan fingerprint density at radius 3 is 1.89 bits per heavy atom. The molecule has 6 nitrogen and oxygen atoms in total. The molecule has 18 heavy (non-hydrogen) atoms. The first kappa shape index (κ1) is 15.1. The summed E-state index contributed by atoms with van der Waals surface area (Å²) >= 11 is 0. The Balaban J connectivity index is 3.04. The van der Waals surface area contributed by atoms with Gasteiger partial charge < -0.3 is 15.3 Å². The average molecular weight is 275 g/mol. The molecule has 0 unspecified atom stereocenters. The molecule has 0 aliphatic carbocycles. The minimum Gasteiger partial charge on any atom is -0.394 e. The van der Waals surface area contributed by atoms with Gasteiger partial charge in [-0.25, -0.2) is 8.42 Å². The van der Waals surface area contributed by atoms with E-state index in [4.69, 9.17) is 15.3 Å². The second-order valence-corrected chi connectivity index (χ2v) is 5.86. The van der Waals surface area contributed by atoms with Crippen molar-refractivity contribution in [2.24, 2.45) is 0 Å². The van der Waals surface area contributed by atoms with Gasteiger partial charge in [0, 0.05) is 0 Å². The van der Waals surface area contributed by atoms with E-state index in [2.05, 4.69) is 4.72 Å². The number of sulfonamides is 1. The van der Waals surface area contributed by atoms with Gasteiger partial charge in [0.15, 0.2) is 0 Å². The molecule has 4 N–H and O–H groups in total. The topological polar surface area (TPSA) is 107 Å². The highest BCUT2D eigenvalue weighted by Gasteiger charge is 2.33. The minimum absolute atomic E-state index is 0.00725. The first-order valence-electron chi connectivity index (χ1n) is 5.32. The molecule has 0 radical (unpaired) electrons. The van der Waals surface area contributed by atoms with Gasteiger partial charge in [-0.05, 0) is 19.1 Å². The Morgan fingerprint density at radius 2 is 1.50 bits per heavy atom. The van der Waals surface area contributed by atoms with Crippen LogP contribution in [0.15, 0.2) is 29.2 Å². The van der Waals surface area contributed by atoms with Crippen molar-refractivity contribution < 1.29 is 23.7 Å². The number of aliphatic hydroxyl groups excluding tert-OH is 3. The lowest BCUT2D eigenvalue weighted by atomic mass is 10.1. The predicted molar refractivity (Wildman–Crippen MR) is 65.5 cm³/mol. The summed E-state index contributed by atoms with van der Waals surface area (Å²) in [6, 6.07) is 6.09. The quantitative estimate of drug-likeness (QED) is 0.532. The number of rotatable bonds is 6. The van der Waals surface area contributed by atoms with E-state index in [1.807, 2.05) is 6.92 Å². The smallest absolute Gasteiger partial charge is 0.241 e. The third-order valence-electron chi connectivity index (χ3n) is 2.59. The minimum atomic E-state index is -3.90. The van der Waals surface area contributed by atoms with Crippen LogP contribution in [0.4, 0.5) is 0 Å². The van der Waals surface area contributed by atoms with Gasteiger partial charge in [0.2, 0.25) is 10.0 Å². The number of nitrogens with one attached hydrogen (secondary N) is 1. The van der Waals surface area contributed by atoms with Gasteiger partial charge in [0.1, 0.15) is 5.54 Å². The van der Waals surface area contributed by atoms with Crippen LogP contribution >= 0.6 is 0 Å². The van der Waals surface area contributed by atoms with Crippen LogP contribution in [0.2, 0.25) is 0 Å². The summed E-state index contributed by atoms with van der Waals surface area (Å²) in [6.07, 6.45) is 0. The van der Waals surface area contributed by atoms with Crippen molar-refractivity contribution in [3.05, 3.63) is 29.8 Å². The lowest BCUT2D eigenvalue weighted by Crippen LogP contribution is -2.56. The van der Waals surface area contributed by atoms with E-state index in [0.717, 1.165) is 5.56 Å². The van der Waals surface area contributed by atoms with Gasteiger partial charge in [0.25, 0.3) is 0 Å². The third kappa shape index (κ3) is 3.27. The van der Waals surface area contributed by atoms with E-state index < -0.39 is 35.4 Å². The number of hydrogen-bond donors (Lipinski definition) is 4. The summed E-state index contributed by atoms with van der Waals surface area (Å²) in [4.78, 5) is 0.00725. The molecule has 0 saturated heterocycles. The first-order valence-corrected chi connectivity index (χ1v) is 6.81. The van der Waals surface area contributed by atoms with Crippen LogP contribution in [-0.4, -0.2) is 49.1 Å². The molecule has 0 saturated carbocycles. The summed E-state index contributed by atoms with van der Waals surface area (Å²) in [5, 5.41) is 27.3. The second kappa shape index (κ2) is 5.77. The van der Waals surface area contributed by atoms with Crippen molar-refractivity contribution in [3.63, 3.8) is 0 Å². The Bertz CT molecular complexity index is 470. The number of aryl methyl sites for hydroxylation is 1. The fourth-order valence-corrected chi connectivity index (χ4v) is 2.68. The van der Waals surface area contributed by atoms with Crippen LogP contribution in [-0.2, 0) is 10.0 Å². The maximum absolute atomic E-state index is 12.0. The van der Waals surface area contributed by atoms with E-state index in [0.29, 0.717) is 0 Å². The lowest BCUT2D eigenvalue weighted by Gasteiger charge is -2.28. The molecule has 0 aromatic heterocycles. The maximum atomic E-state index is 12.0. The molecule has 1 aromatic carbocycles. The van der Waals surface area contributed by atoms with E-state index in [-0.39, 0.29) is 4.90 Å². The van der Waals surface area contributed by atoms with Crippen LogP contribution in [0.1, 0.15) is 5.56 Å². The normalized spacial score (nSPS) is 12.7. The third-order valence-corrected chi connectivity index (χ3v) is 4.18. The highest BCUT2D eigenvalue weighted by Crippen LogP contribution is 2.13. The van der Waals surface area contributed by atoms with E-state index in [1.165, 1.54) is 12.1 Å². The van der Waals surface area contributed by atoms with E-state index in [9.17, 15) is 8.42 Å². The van der Waals surface area contributed by atoms with Gasteiger partial charge in [-0.15, -0.1) is 0 Å². The molecule has 102 valence electrons. The van der Waals surface area contributed by atoms with Crippen LogP contribution in [0, 0.1) is 6.92 Å². The number of benzene rings is 1. The Morgan fingerprint density at radius 1 is 1.06 bits per heavy atom. The molecule has 0 bridgehead atoms. The largest absolute Gasteiger partial charge is 0.394 e. The Kier molecular flexibility index (Phi) is 4.83. The summed E-state index contributed by atoms with van der Waals surface area (Å²) in [5.74, 6) is 0. The van der Waals surface area contributed by atoms with Crippen LogP contribution < -0.4 is 4.72 Å². The summed E-state index contributed by atoms with van der Waals surface area (Å²) < 4.78 is 26.1. The van der Waals surface area contributed by atoms with Crippen molar-refractivity contribution >= 4 is 10.0 Å². The van der Waals surface area contributed by atoms with Crippen molar-refractivity contribution in [2.75, 3.05) is 19.8 Å². The molecule has 1 rings (SSSR count).